The summed E-state index contributed by atoms with van der Waals surface area (Å²) in [6, 6.07) is 9.88. The van der Waals surface area contributed by atoms with Crippen molar-refractivity contribution in [1.29, 1.82) is 0 Å². The molecule has 1 aliphatic rings. The minimum atomic E-state index is -0.0548. The fourth-order valence-corrected chi connectivity index (χ4v) is 4.46. The Bertz CT molecular complexity index is 943. The number of nitrogens with one attached hydrogen (secondary N) is 1. The van der Waals surface area contributed by atoms with E-state index in [1.54, 1.807) is 34.9 Å². The van der Waals surface area contributed by atoms with Crippen molar-refractivity contribution in [2.24, 2.45) is 0 Å². The Morgan fingerprint density at radius 3 is 2.84 bits per heavy atom. The number of hydrogen-bond donors (Lipinski definition) is 1. The molecule has 6 nitrogen and oxygen atoms in total. The van der Waals surface area contributed by atoms with Crippen LogP contribution in [-0.2, 0) is 4.79 Å². The molecule has 126 valence electrons. The van der Waals surface area contributed by atoms with Gasteiger partial charge in [-0.05, 0) is 30.7 Å². The lowest BCUT2D eigenvalue weighted by Gasteiger charge is -2.15. The first-order valence-electron chi connectivity index (χ1n) is 7.67. The van der Waals surface area contributed by atoms with Crippen LogP contribution in [0.25, 0.3) is 5.95 Å². The van der Waals surface area contributed by atoms with Gasteiger partial charge in [-0.3, -0.25) is 4.79 Å². The van der Waals surface area contributed by atoms with Gasteiger partial charge in [0, 0.05) is 22.4 Å². The van der Waals surface area contributed by atoms with E-state index in [1.165, 1.54) is 0 Å². The number of hydrogen-bond acceptors (Lipinski definition) is 5. The average Bonchev–Trinajstić information content (AvgIpc) is 2.82. The lowest BCUT2D eigenvalue weighted by Crippen LogP contribution is -2.16. The lowest BCUT2D eigenvalue weighted by molar-refractivity contribution is -0.113. The molecule has 1 N–H and O–H groups in total. The number of benzene rings is 1. The summed E-state index contributed by atoms with van der Waals surface area (Å²) in [5, 5.41) is 7.57. The largest absolute Gasteiger partial charge is 0.309 e. The summed E-state index contributed by atoms with van der Waals surface area (Å²) in [4.78, 5) is 20.8. The zero-order valence-corrected chi connectivity index (χ0v) is 15.7. The molecule has 8 heteroatoms. The zero-order chi connectivity index (χ0) is 17.4. The molecule has 3 aromatic rings. The molecular weight excluding hydrogens is 402 g/mol. The van der Waals surface area contributed by atoms with Gasteiger partial charge in [-0.1, -0.05) is 28.1 Å². The first-order chi connectivity index (χ1) is 12.1. The Kier molecular flexibility index (Phi) is 4.30. The van der Waals surface area contributed by atoms with Crippen molar-refractivity contribution < 1.29 is 4.79 Å². The van der Waals surface area contributed by atoms with Gasteiger partial charge in [0.25, 0.3) is 5.95 Å². The monoisotopic (exact) mass is 415 g/mol. The van der Waals surface area contributed by atoms with Crippen LogP contribution in [0.4, 0.5) is 5.82 Å². The minimum absolute atomic E-state index is 0.00362. The van der Waals surface area contributed by atoms with Crippen LogP contribution in [0, 0.1) is 6.92 Å². The van der Waals surface area contributed by atoms with E-state index in [0.717, 1.165) is 21.3 Å². The first kappa shape index (κ1) is 16.3. The Morgan fingerprint density at radius 2 is 2.08 bits per heavy atom. The van der Waals surface area contributed by atoms with Gasteiger partial charge in [0.15, 0.2) is 0 Å². The van der Waals surface area contributed by atoms with Gasteiger partial charge in [-0.15, -0.1) is 11.8 Å². The summed E-state index contributed by atoms with van der Waals surface area (Å²) >= 11 is 5.12. The fourth-order valence-electron chi connectivity index (χ4n) is 2.86. The topological polar surface area (TPSA) is 72.7 Å². The second-order valence-electron chi connectivity index (χ2n) is 5.60. The van der Waals surface area contributed by atoms with E-state index in [1.807, 2.05) is 19.1 Å². The van der Waals surface area contributed by atoms with Crippen LogP contribution in [0.15, 0.2) is 47.2 Å². The molecule has 25 heavy (non-hydrogen) atoms. The van der Waals surface area contributed by atoms with Gasteiger partial charge in [-0.25, -0.2) is 9.97 Å². The quantitative estimate of drug-likeness (QED) is 0.692. The molecule has 0 saturated heterocycles. The molecule has 0 spiro atoms. The molecule has 3 heterocycles. The maximum Gasteiger partial charge on any atom is 0.252 e. The number of amides is 1. The second kappa shape index (κ2) is 6.61. The van der Waals surface area contributed by atoms with Crippen molar-refractivity contribution in [3.63, 3.8) is 0 Å². The minimum Gasteiger partial charge on any atom is -0.309 e. The number of rotatable bonds is 2. The fraction of sp³-hybridized carbons (Fsp3) is 0.176. The van der Waals surface area contributed by atoms with Gasteiger partial charge < -0.3 is 5.32 Å². The summed E-state index contributed by atoms with van der Waals surface area (Å²) in [5.41, 5.74) is 2.96. The van der Waals surface area contributed by atoms with Crippen LogP contribution in [0.5, 0.6) is 0 Å². The third-order valence-electron chi connectivity index (χ3n) is 3.90. The summed E-state index contributed by atoms with van der Waals surface area (Å²) in [6.07, 6.45) is 3.32. The molecule has 1 aliphatic heterocycles. The van der Waals surface area contributed by atoms with Crippen LogP contribution in [-0.4, -0.2) is 31.4 Å². The van der Waals surface area contributed by atoms with E-state index in [0.29, 0.717) is 17.5 Å². The number of aromatic nitrogens is 4. The molecule has 0 aliphatic carbocycles. The molecule has 4 rings (SSSR count). The highest BCUT2D eigenvalue weighted by atomic mass is 79.9. The average molecular weight is 416 g/mol. The van der Waals surface area contributed by atoms with Crippen LogP contribution in [0.2, 0.25) is 0 Å². The highest BCUT2D eigenvalue weighted by molar-refractivity contribution is 9.10. The van der Waals surface area contributed by atoms with Crippen molar-refractivity contribution in [3.8, 4) is 5.95 Å². The smallest absolute Gasteiger partial charge is 0.252 e. The number of thioether (sulfide) groups is 1. The molecule has 1 aromatic carbocycles. The molecule has 0 saturated carbocycles. The van der Waals surface area contributed by atoms with Crippen LogP contribution < -0.4 is 5.32 Å². The number of fused-ring (bicyclic) bond motifs is 1. The van der Waals surface area contributed by atoms with Crippen LogP contribution >= 0.6 is 27.7 Å². The van der Waals surface area contributed by atoms with Crippen molar-refractivity contribution in [3.05, 3.63) is 64.0 Å². The lowest BCUT2D eigenvalue weighted by atomic mass is 10.0. The van der Waals surface area contributed by atoms with E-state index in [9.17, 15) is 4.79 Å². The third-order valence-corrected chi connectivity index (χ3v) is 5.66. The van der Waals surface area contributed by atoms with E-state index < -0.39 is 0 Å². The summed E-state index contributed by atoms with van der Waals surface area (Å²) in [7, 11) is 0. The van der Waals surface area contributed by atoms with Gasteiger partial charge in [0.1, 0.15) is 5.82 Å². The van der Waals surface area contributed by atoms with Gasteiger partial charge in [0.2, 0.25) is 5.91 Å². The van der Waals surface area contributed by atoms with E-state index >= 15 is 0 Å². The zero-order valence-electron chi connectivity index (χ0n) is 13.3. The first-order valence-corrected chi connectivity index (χ1v) is 9.51. The Hall–Kier alpha value is -2.19. The van der Waals surface area contributed by atoms with Crippen molar-refractivity contribution in [2.45, 2.75) is 12.2 Å². The van der Waals surface area contributed by atoms with Crippen molar-refractivity contribution >= 4 is 39.4 Å². The number of halogens is 1. The molecule has 0 radical (unpaired) electrons. The molecule has 0 bridgehead atoms. The second-order valence-corrected chi connectivity index (χ2v) is 7.61. The Morgan fingerprint density at radius 1 is 1.28 bits per heavy atom. The number of carbonyl (C=O) groups is 1. The summed E-state index contributed by atoms with van der Waals surface area (Å²) in [5.74, 6) is 1.40. The molecule has 1 unspecified atom stereocenters. The molecular formula is C17H14BrN5OS. The standard InChI is InChI=1S/C17H14BrN5OS/c1-10-14-15(11-4-2-5-12(18)8-11)25-9-13(24)21-16(14)23(22-10)17-19-6-3-7-20-17/h2-8,15H,9H2,1H3,(H,21,24). The van der Waals surface area contributed by atoms with E-state index in [-0.39, 0.29) is 11.2 Å². The summed E-state index contributed by atoms with van der Waals surface area (Å²) in [6.45, 7) is 1.95. The predicted molar refractivity (Wildman–Crippen MR) is 101 cm³/mol. The number of anilines is 1. The maximum atomic E-state index is 12.3. The van der Waals surface area contributed by atoms with Gasteiger partial charge in [0.05, 0.1) is 16.7 Å². The van der Waals surface area contributed by atoms with E-state index in [4.69, 9.17) is 0 Å². The van der Waals surface area contributed by atoms with Gasteiger partial charge >= 0.3 is 0 Å². The molecule has 2 aromatic heterocycles. The highest BCUT2D eigenvalue weighted by Crippen LogP contribution is 2.43. The SMILES string of the molecule is Cc1nn(-c2ncccn2)c2c1C(c1cccc(Br)c1)SCC(=O)N2. The van der Waals surface area contributed by atoms with Crippen LogP contribution in [0.1, 0.15) is 22.1 Å². The Balaban J connectivity index is 1.90. The molecule has 1 amide bonds. The molecule has 1 atom stereocenters. The summed E-state index contributed by atoms with van der Waals surface area (Å²) < 4.78 is 2.62. The third kappa shape index (κ3) is 3.07. The van der Waals surface area contributed by atoms with Gasteiger partial charge in [-0.2, -0.15) is 9.78 Å². The molecule has 0 fully saturated rings. The predicted octanol–water partition coefficient (Wildman–Crippen LogP) is 3.51. The normalized spacial score (nSPS) is 16.9. The number of carbonyl (C=O) groups excluding carboxylic acids is 1. The van der Waals surface area contributed by atoms with E-state index in [2.05, 4.69) is 48.4 Å². The van der Waals surface area contributed by atoms with Crippen molar-refractivity contribution in [2.75, 3.05) is 11.1 Å². The number of nitrogens with zero attached hydrogens (tertiary/aromatic N) is 4. The maximum absolute atomic E-state index is 12.3. The Labute approximate surface area is 157 Å². The highest BCUT2D eigenvalue weighted by Gasteiger charge is 2.31. The number of aryl methyl sites for hydroxylation is 1. The van der Waals surface area contributed by atoms with Crippen LogP contribution in [0.3, 0.4) is 0 Å². The van der Waals surface area contributed by atoms with Crippen molar-refractivity contribution in [1.82, 2.24) is 19.7 Å².